The molecule has 154 valence electrons. The van der Waals surface area contributed by atoms with Gasteiger partial charge in [-0.25, -0.2) is 13.4 Å². The van der Waals surface area contributed by atoms with E-state index in [4.69, 9.17) is 0 Å². The van der Waals surface area contributed by atoms with Gasteiger partial charge in [0.2, 0.25) is 10.0 Å². The predicted octanol–water partition coefficient (Wildman–Crippen LogP) is 3.02. The van der Waals surface area contributed by atoms with Crippen molar-refractivity contribution < 1.29 is 13.2 Å². The maximum absolute atomic E-state index is 12.9. The summed E-state index contributed by atoms with van der Waals surface area (Å²) in [4.78, 5) is 30.4. The van der Waals surface area contributed by atoms with Gasteiger partial charge in [0.25, 0.3) is 11.5 Å². The number of amides is 1. The molecule has 2 N–H and O–H groups in total. The van der Waals surface area contributed by atoms with Crippen molar-refractivity contribution in [3.8, 4) is 0 Å². The van der Waals surface area contributed by atoms with E-state index < -0.39 is 10.0 Å². The highest BCUT2D eigenvalue weighted by Gasteiger charge is 2.20. The predicted molar refractivity (Wildman–Crippen MR) is 116 cm³/mol. The minimum Gasteiger partial charge on any atom is -0.321 e. The number of nitrogens with one attached hydrogen (secondary N) is 2. The quantitative estimate of drug-likeness (QED) is 0.620. The van der Waals surface area contributed by atoms with Crippen LogP contribution in [-0.2, 0) is 17.1 Å². The van der Waals surface area contributed by atoms with Gasteiger partial charge >= 0.3 is 0 Å². The third-order valence-electron chi connectivity index (χ3n) is 4.54. The average Bonchev–Trinajstić information content (AvgIpc) is 2.98. The van der Waals surface area contributed by atoms with E-state index in [1.54, 1.807) is 46.0 Å². The summed E-state index contributed by atoms with van der Waals surface area (Å²) in [5.74, 6) is -0.351. The SMILES string of the molecule is CCCS(=O)(=O)Nc1cccc(NC(=O)c2sc3ncn(C)c(=O)c3c2C)c1C. The first-order valence-corrected chi connectivity index (χ1v) is 11.5. The van der Waals surface area contributed by atoms with Crippen molar-refractivity contribution in [1.82, 2.24) is 9.55 Å². The Kier molecular flexibility index (Phi) is 5.76. The van der Waals surface area contributed by atoms with Gasteiger partial charge in [-0.1, -0.05) is 13.0 Å². The molecule has 1 aromatic carbocycles. The van der Waals surface area contributed by atoms with Gasteiger partial charge in [0, 0.05) is 12.7 Å². The average molecular weight is 435 g/mol. The zero-order valence-corrected chi connectivity index (χ0v) is 18.2. The summed E-state index contributed by atoms with van der Waals surface area (Å²) >= 11 is 1.15. The minimum absolute atomic E-state index is 0.0198. The van der Waals surface area contributed by atoms with E-state index in [0.29, 0.717) is 44.0 Å². The second-order valence-corrected chi connectivity index (χ2v) is 9.59. The highest BCUT2D eigenvalue weighted by molar-refractivity contribution is 7.92. The Labute approximate surface area is 172 Å². The van der Waals surface area contributed by atoms with Crippen LogP contribution in [0.1, 0.15) is 34.1 Å². The number of benzene rings is 1. The summed E-state index contributed by atoms with van der Waals surface area (Å²) < 4.78 is 28.1. The first kappa shape index (κ1) is 21.0. The number of hydrogen-bond donors (Lipinski definition) is 2. The first-order valence-electron chi connectivity index (χ1n) is 9.00. The van der Waals surface area contributed by atoms with Crippen molar-refractivity contribution >= 4 is 48.9 Å². The molecule has 0 saturated carbocycles. The molecule has 0 aliphatic heterocycles. The van der Waals surface area contributed by atoms with Gasteiger partial charge < -0.3 is 9.88 Å². The van der Waals surface area contributed by atoms with Gasteiger partial charge in [-0.05, 0) is 43.5 Å². The van der Waals surface area contributed by atoms with Gasteiger partial charge in [0.05, 0.1) is 28.0 Å². The van der Waals surface area contributed by atoms with E-state index in [1.165, 1.54) is 10.9 Å². The van der Waals surface area contributed by atoms with E-state index in [-0.39, 0.29) is 17.2 Å². The Hall–Kier alpha value is -2.72. The molecule has 0 radical (unpaired) electrons. The minimum atomic E-state index is -3.44. The molecule has 3 aromatic rings. The fourth-order valence-electron chi connectivity index (χ4n) is 2.97. The lowest BCUT2D eigenvalue weighted by Gasteiger charge is -2.14. The van der Waals surface area contributed by atoms with Crippen LogP contribution < -0.4 is 15.6 Å². The molecule has 8 nitrogen and oxygen atoms in total. The topological polar surface area (TPSA) is 110 Å². The largest absolute Gasteiger partial charge is 0.321 e. The van der Waals surface area contributed by atoms with Crippen LogP contribution in [0, 0.1) is 13.8 Å². The summed E-state index contributed by atoms with van der Waals surface area (Å²) in [6.07, 6.45) is 1.93. The number of thiophene rings is 1. The van der Waals surface area contributed by atoms with Crippen LogP contribution >= 0.6 is 11.3 Å². The number of anilines is 2. The third kappa shape index (κ3) is 4.18. The molecule has 0 aliphatic carbocycles. The second kappa shape index (κ2) is 7.96. The molecule has 0 aliphatic rings. The molecule has 0 fully saturated rings. The van der Waals surface area contributed by atoms with Crippen LogP contribution in [0.5, 0.6) is 0 Å². The summed E-state index contributed by atoms with van der Waals surface area (Å²) in [6, 6.07) is 5.02. The number of nitrogens with zero attached hydrogens (tertiary/aromatic N) is 2. The Balaban J connectivity index is 1.93. The Morgan fingerprint density at radius 3 is 2.59 bits per heavy atom. The molecular formula is C19H22N4O4S2. The van der Waals surface area contributed by atoms with Gasteiger partial charge in [-0.3, -0.25) is 14.3 Å². The second-order valence-electron chi connectivity index (χ2n) is 6.75. The molecule has 2 heterocycles. The van der Waals surface area contributed by atoms with Crippen molar-refractivity contribution in [3.05, 3.63) is 50.9 Å². The van der Waals surface area contributed by atoms with Crippen molar-refractivity contribution in [1.29, 1.82) is 0 Å². The van der Waals surface area contributed by atoms with Crippen LogP contribution in [0.25, 0.3) is 10.2 Å². The molecule has 10 heteroatoms. The van der Waals surface area contributed by atoms with E-state index >= 15 is 0 Å². The van der Waals surface area contributed by atoms with Crippen LogP contribution in [-0.4, -0.2) is 29.6 Å². The summed E-state index contributed by atoms with van der Waals surface area (Å²) in [5, 5.41) is 3.25. The van der Waals surface area contributed by atoms with Gasteiger partial charge in [0.15, 0.2) is 0 Å². The zero-order valence-electron chi connectivity index (χ0n) is 16.6. The fourth-order valence-corrected chi connectivity index (χ4v) is 5.20. The maximum Gasteiger partial charge on any atom is 0.266 e. The molecular weight excluding hydrogens is 412 g/mol. The number of carbonyl (C=O) groups excluding carboxylic acids is 1. The van der Waals surface area contributed by atoms with Gasteiger partial charge in [-0.2, -0.15) is 0 Å². The fraction of sp³-hybridized carbons (Fsp3) is 0.316. The highest BCUT2D eigenvalue weighted by atomic mass is 32.2. The number of sulfonamides is 1. The number of aromatic nitrogens is 2. The highest BCUT2D eigenvalue weighted by Crippen LogP contribution is 2.29. The lowest BCUT2D eigenvalue weighted by molar-refractivity contribution is 0.103. The number of hydrogen-bond acceptors (Lipinski definition) is 6. The Bertz CT molecular complexity index is 1260. The van der Waals surface area contributed by atoms with E-state index in [9.17, 15) is 18.0 Å². The molecule has 0 unspecified atom stereocenters. The zero-order chi connectivity index (χ0) is 21.3. The first-order chi connectivity index (χ1) is 13.6. The molecule has 29 heavy (non-hydrogen) atoms. The van der Waals surface area contributed by atoms with Crippen molar-refractivity contribution in [2.24, 2.45) is 7.05 Å². The van der Waals surface area contributed by atoms with Crippen molar-refractivity contribution in [2.45, 2.75) is 27.2 Å². The molecule has 0 bridgehead atoms. The normalized spacial score (nSPS) is 11.6. The lowest BCUT2D eigenvalue weighted by Crippen LogP contribution is -2.18. The summed E-state index contributed by atoms with van der Waals surface area (Å²) in [5.41, 5.74) is 1.89. The van der Waals surface area contributed by atoms with E-state index in [1.807, 2.05) is 0 Å². The molecule has 1 amide bonds. The number of fused-ring (bicyclic) bond motifs is 1. The smallest absolute Gasteiger partial charge is 0.266 e. The van der Waals surface area contributed by atoms with Crippen molar-refractivity contribution in [2.75, 3.05) is 15.8 Å². The lowest BCUT2D eigenvalue weighted by atomic mass is 10.1. The molecule has 0 saturated heterocycles. The summed E-state index contributed by atoms with van der Waals surface area (Å²) in [6.45, 7) is 5.24. The molecule has 2 aromatic heterocycles. The molecule has 0 spiro atoms. The van der Waals surface area contributed by atoms with Crippen LogP contribution in [0.15, 0.2) is 29.3 Å². The van der Waals surface area contributed by atoms with E-state index in [0.717, 1.165) is 11.3 Å². The van der Waals surface area contributed by atoms with Crippen molar-refractivity contribution in [3.63, 3.8) is 0 Å². The Morgan fingerprint density at radius 1 is 1.21 bits per heavy atom. The standard InChI is InChI=1S/C19H22N4O4S2/c1-5-9-29(26,27)22-14-8-6-7-13(11(14)2)21-17(24)16-12(3)15-18(28-16)20-10-23(4)19(15)25/h6-8,10,22H,5,9H2,1-4H3,(H,21,24). The van der Waals surface area contributed by atoms with Gasteiger partial charge in [-0.15, -0.1) is 11.3 Å². The summed E-state index contributed by atoms with van der Waals surface area (Å²) in [7, 11) is -1.83. The third-order valence-corrected chi connectivity index (χ3v) is 7.21. The monoisotopic (exact) mass is 434 g/mol. The number of carbonyl (C=O) groups is 1. The molecule has 3 rings (SSSR count). The van der Waals surface area contributed by atoms with Crippen LogP contribution in [0.3, 0.4) is 0 Å². The number of rotatable bonds is 6. The van der Waals surface area contributed by atoms with E-state index in [2.05, 4.69) is 15.0 Å². The van der Waals surface area contributed by atoms with Gasteiger partial charge in [0.1, 0.15) is 4.83 Å². The van der Waals surface area contributed by atoms with Crippen LogP contribution in [0.2, 0.25) is 0 Å². The van der Waals surface area contributed by atoms with Crippen LogP contribution in [0.4, 0.5) is 11.4 Å². The maximum atomic E-state index is 12.9. The molecule has 0 atom stereocenters. The number of aryl methyl sites for hydroxylation is 2. The Morgan fingerprint density at radius 2 is 1.90 bits per heavy atom.